The monoisotopic (exact) mass is 422 g/mol. The van der Waals surface area contributed by atoms with Gasteiger partial charge in [0.15, 0.2) is 0 Å². The predicted molar refractivity (Wildman–Crippen MR) is 129 cm³/mol. The molecule has 160 valence electrons. The van der Waals surface area contributed by atoms with Crippen LogP contribution >= 0.6 is 0 Å². The molecular weight excluding hydrogens is 388 g/mol. The molecular formula is C26H34O3Si. The molecule has 0 heterocycles. The molecule has 1 unspecified atom stereocenters. The standard InChI is InChI=1S/C26H34O3Si/c1-9-14-29-24-21(26(2,3)4)16-19(27-5)17-23(24)30(7,8)25-20-13-11-10-12-18(20)15-22(25)28-6/h9-13,15-17,22H,1,14H2,2-8H3. The Morgan fingerprint density at radius 1 is 1.10 bits per heavy atom. The van der Waals surface area contributed by atoms with Gasteiger partial charge < -0.3 is 14.2 Å². The minimum atomic E-state index is -2.21. The van der Waals surface area contributed by atoms with Gasteiger partial charge in [0.2, 0.25) is 0 Å². The molecule has 0 spiro atoms. The van der Waals surface area contributed by atoms with Crippen LogP contribution in [0.1, 0.15) is 26.3 Å². The highest BCUT2D eigenvalue weighted by Crippen LogP contribution is 2.37. The maximum absolute atomic E-state index is 6.34. The molecule has 0 aromatic heterocycles. The molecule has 1 atom stereocenters. The second kappa shape index (κ2) is 8.44. The summed E-state index contributed by atoms with van der Waals surface area (Å²) in [4.78, 5) is 0. The fraction of sp³-hybridized carbons (Fsp3) is 0.385. The van der Waals surface area contributed by atoms with Crippen molar-refractivity contribution in [1.82, 2.24) is 0 Å². The molecule has 3 rings (SSSR count). The van der Waals surface area contributed by atoms with Crippen LogP contribution in [0.5, 0.6) is 11.5 Å². The van der Waals surface area contributed by atoms with Crippen LogP contribution < -0.4 is 25.1 Å². The number of rotatable bonds is 7. The zero-order valence-electron chi connectivity index (χ0n) is 19.3. The van der Waals surface area contributed by atoms with Crippen LogP contribution in [0.15, 0.2) is 49.1 Å². The van der Waals surface area contributed by atoms with E-state index in [0.29, 0.717) is 6.61 Å². The first-order valence-corrected chi connectivity index (χ1v) is 13.5. The van der Waals surface area contributed by atoms with Gasteiger partial charge in [-0.15, -0.1) is 0 Å². The van der Waals surface area contributed by atoms with Crippen LogP contribution in [0.3, 0.4) is 0 Å². The highest BCUT2D eigenvalue weighted by molar-refractivity contribution is 7.04. The van der Waals surface area contributed by atoms with E-state index in [2.05, 4.69) is 82.9 Å². The van der Waals surface area contributed by atoms with E-state index in [1.165, 1.54) is 20.8 Å². The summed E-state index contributed by atoms with van der Waals surface area (Å²) in [5.41, 5.74) is 1.07. The minimum Gasteiger partial charge on any atom is -0.497 e. The quantitative estimate of drug-likeness (QED) is 0.503. The Morgan fingerprint density at radius 3 is 2.40 bits per heavy atom. The van der Waals surface area contributed by atoms with Crippen LogP contribution in [0.4, 0.5) is 0 Å². The summed E-state index contributed by atoms with van der Waals surface area (Å²) >= 11 is 0. The van der Waals surface area contributed by atoms with E-state index in [1.54, 1.807) is 20.3 Å². The Bertz CT molecular complexity index is 1060. The molecule has 3 nitrogen and oxygen atoms in total. The third-order valence-corrected chi connectivity index (χ3v) is 9.54. The van der Waals surface area contributed by atoms with Crippen molar-refractivity contribution in [1.29, 1.82) is 0 Å². The molecule has 0 saturated heterocycles. The number of hydrogen-bond acceptors (Lipinski definition) is 3. The molecule has 0 bridgehead atoms. The van der Waals surface area contributed by atoms with Crippen molar-refractivity contribution in [3.05, 3.63) is 65.1 Å². The fourth-order valence-corrected chi connectivity index (χ4v) is 7.73. The number of ether oxygens (including phenoxy) is 3. The highest BCUT2D eigenvalue weighted by Gasteiger charge is 2.39. The molecule has 1 aliphatic carbocycles. The van der Waals surface area contributed by atoms with Gasteiger partial charge in [0.25, 0.3) is 0 Å². The lowest BCUT2D eigenvalue weighted by molar-refractivity contribution is 0.198. The van der Waals surface area contributed by atoms with Gasteiger partial charge in [0.1, 0.15) is 26.2 Å². The number of hydrogen-bond donors (Lipinski definition) is 0. The van der Waals surface area contributed by atoms with Crippen molar-refractivity contribution in [3.63, 3.8) is 0 Å². The van der Waals surface area contributed by atoms with E-state index >= 15 is 0 Å². The number of fused-ring (bicyclic) bond motifs is 1. The second-order valence-electron chi connectivity index (χ2n) is 9.35. The van der Waals surface area contributed by atoms with Gasteiger partial charge in [-0.05, 0) is 44.4 Å². The Labute approximate surface area is 181 Å². The van der Waals surface area contributed by atoms with Crippen molar-refractivity contribution in [2.24, 2.45) is 0 Å². The molecule has 1 aliphatic rings. The second-order valence-corrected chi connectivity index (χ2v) is 13.7. The van der Waals surface area contributed by atoms with E-state index < -0.39 is 8.07 Å². The summed E-state index contributed by atoms with van der Waals surface area (Å²) in [5.74, 6) is 1.83. The zero-order valence-corrected chi connectivity index (χ0v) is 20.3. The van der Waals surface area contributed by atoms with E-state index in [-0.39, 0.29) is 11.5 Å². The van der Waals surface area contributed by atoms with Crippen LogP contribution in [-0.2, 0) is 10.2 Å². The molecule has 2 aromatic carbocycles. The highest BCUT2D eigenvalue weighted by atomic mass is 28.3. The van der Waals surface area contributed by atoms with Gasteiger partial charge in [-0.1, -0.05) is 70.8 Å². The molecule has 0 saturated carbocycles. The van der Waals surface area contributed by atoms with Gasteiger partial charge >= 0.3 is 0 Å². The van der Waals surface area contributed by atoms with Gasteiger partial charge in [-0.3, -0.25) is 0 Å². The van der Waals surface area contributed by atoms with Crippen molar-refractivity contribution in [2.75, 3.05) is 20.8 Å². The summed E-state index contributed by atoms with van der Waals surface area (Å²) in [7, 11) is 1.31. The van der Waals surface area contributed by atoms with Gasteiger partial charge in [-0.25, -0.2) is 0 Å². The molecule has 0 N–H and O–H groups in total. The van der Waals surface area contributed by atoms with Gasteiger partial charge in [-0.2, -0.15) is 0 Å². The summed E-state index contributed by atoms with van der Waals surface area (Å²) in [6.45, 7) is 15.7. The largest absolute Gasteiger partial charge is 0.497 e. The molecule has 0 amide bonds. The molecule has 0 radical (unpaired) electrons. The van der Waals surface area contributed by atoms with E-state index in [0.717, 1.165) is 17.1 Å². The predicted octanol–water partition coefficient (Wildman–Crippen LogP) is 3.67. The van der Waals surface area contributed by atoms with Crippen LogP contribution in [-0.4, -0.2) is 35.0 Å². The molecule has 2 aromatic rings. The summed E-state index contributed by atoms with van der Waals surface area (Å²) in [6.07, 6.45) is 4.01. The third-order valence-electron chi connectivity index (χ3n) is 5.92. The number of benzene rings is 2. The average Bonchev–Trinajstić information content (AvgIpc) is 3.10. The average molecular weight is 423 g/mol. The van der Waals surface area contributed by atoms with E-state index in [1.807, 2.05) is 0 Å². The topological polar surface area (TPSA) is 27.7 Å². The summed E-state index contributed by atoms with van der Waals surface area (Å²) in [5, 5.41) is 5.14. The number of methoxy groups -OCH3 is 2. The Hall–Kier alpha value is -2.30. The van der Waals surface area contributed by atoms with Crippen molar-refractivity contribution >= 4 is 24.5 Å². The maximum atomic E-state index is 6.34. The normalized spacial score (nSPS) is 16.1. The third kappa shape index (κ3) is 3.99. The lowest BCUT2D eigenvalue weighted by atomic mass is 9.86. The van der Waals surface area contributed by atoms with Crippen molar-refractivity contribution < 1.29 is 14.2 Å². The Kier molecular flexibility index (Phi) is 6.30. The molecule has 30 heavy (non-hydrogen) atoms. The molecule has 0 aliphatic heterocycles. The van der Waals surface area contributed by atoms with Gasteiger partial charge in [0.05, 0.1) is 13.2 Å². The summed E-state index contributed by atoms with van der Waals surface area (Å²) in [6, 6.07) is 12.8. The van der Waals surface area contributed by atoms with Crippen LogP contribution in [0.25, 0.3) is 11.3 Å². The first-order valence-electron chi connectivity index (χ1n) is 10.5. The van der Waals surface area contributed by atoms with E-state index in [4.69, 9.17) is 14.2 Å². The lowest BCUT2D eigenvalue weighted by Crippen LogP contribution is -2.50. The molecule has 4 heteroatoms. The Morgan fingerprint density at radius 2 is 1.80 bits per heavy atom. The lowest BCUT2D eigenvalue weighted by Gasteiger charge is -2.34. The van der Waals surface area contributed by atoms with Crippen LogP contribution in [0, 0.1) is 0 Å². The SMILES string of the molecule is C=CCOc1c(C(C)(C)C)cc(OC)cc1[Si](C)(C)C1=c2ccccc2=CC1OC. The van der Waals surface area contributed by atoms with Gasteiger partial charge in [0, 0.05) is 12.7 Å². The van der Waals surface area contributed by atoms with Crippen molar-refractivity contribution in [3.8, 4) is 11.5 Å². The summed E-state index contributed by atoms with van der Waals surface area (Å²) < 4.78 is 18.0. The fourth-order valence-electron chi connectivity index (χ4n) is 4.35. The van der Waals surface area contributed by atoms with Crippen molar-refractivity contribution in [2.45, 2.75) is 45.4 Å². The van der Waals surface area contributed by atoms with Crippen LogP contribution in [0.2, 0.25) is 13.1 Å². The smallest absolute Gasteiger partial charge is 0.123 e. The Balaban J connectivity index is 2.36. The molecule has 0 fully saturated rings. The minimum absolute atomic E-state index is 0.0272. The van der Waals surface area contributed by atoms with E-state index in [9.17, 15) is 0 Å². The zero-order chi connectivity index (χ0) is 22.1. The first-order chi connectivity index (χ1) is 14.1. The first kappa shape index (κ1) is 22.4. The maximum Gasteiger partial charge on any atom is 0.123 e.